The molecule has 17 heavy (non-hydrogen) atoms. The Bertz CT molecular complexity index is 334. The topological polar surface area (TPSA) is 66.9 Å². The second kappa shape index (κ2) is 4.64. The number of hydrogen-bond donors (Lipinski definition) is 0. The summed E-state index contributed by atoms with van der Waals surface area (Å²) < 4.78 is 0. The molecule has 0 radical (unpaired) electrons. The van der Waals surface area contributed by atoms with Gasteiger partial charge in [-0.3, -0.25) is 10.1 Å². The maximum atomic E-state index is 11.6. The minimum atomic E-state index is -0.944. The molecule has 0 aromatic carbocycles. The van der Waals surface area contributed by atoms with Gasteiger partial charge in [-0.05, 0) is 25.7 Å². The summed E-state index contributed by atoms with van der Waals surface area (Å²) in [7, 11) is 0. The second-order valence-electron chi connectivity index (χ2n) is 5.60. The van der Waals surface area contributed by atoms with E-state index in [9.17, 15) is 15.4 Å². The fourth-order valence-electron chi connectivity index (χ4n) is 3.81. The summed E-state index contributed by atoms with van der Waals surface area (Å²) in [6.45, 7) is 0. The molecule has 0 saturated heterocycles. The van der Waals surface area contributed by atoms with E-state index in [2.05, 4.69) is 6.07 Å². The van der Waals surface area contributed by atoms with Crippen LogP contribution in [-0.2, 0) is 0 Å². The standard InChI is InChI=1S/C13H20N2O2/c14-11-12(7-3-1-4-8-12)13(15(16)17)9-5-2-6-10-13/h1-10H2. The third kappa shape index (κ3) is 1.82. The molecule has 0 unspecified atom stereocenters. The van der Waals surface area contributed by atoms with Gasteiger partial charge in [0.05, 0.1) is 6.07 Å². The van der Waals surface area contributed by atoms with E-state index < -0.39 is 11.0 Å². The summed E-state index contributed by atoms with van der Waals surface area (Å²) in [4.78, 5) is 11.5. The molecule has 4 heteroatoms. The molecule has 0 atom stereocenters. The van der Waals surface area contributed by atoms with Gasteiger partial charge in [0.25, 0.3) is 0 Å². The highest BCUT2D eigenvalue weighted by molar-refractivity contribution is 5.13. The Balaban J connectivity index is 2.36. The molecule has 0 bridgehead atoms. The minimum Gasteiger partial charge on any atom is -0.264 e. The predicted molar refractivity (Wildman–Crippen MR) is 63.9 cm³/mol. The number of rotatable bonds is 2. The largest absolute Gasteiger partial charge is 0.264 e. The van der Waals surface area contributed by atoms with Crippen molar-refractivity contribution in [1.82, 2.24) is 0 Å². The third-order valence-corrected chi connectivity index (χ3v) is 4.84. The highest BCUT2D eigenvalue weighted by Crippen LogP contribution is 2.52. The molecule has 2 saturated carbocycles. The molecule has 0 aromatic heterocycles. The van der Waals surface area contributed by atoms with Gasteiger partial charge in [-0.1, -0.05) is 25.7 Å². The smallest absolute Gasteiger partial charge is 0.240 e. The minimum absolute atomic E-state index is 0.110. The van der Waals surface area contributed by atoms with Crippen molar-refractivity contribution in [2.24, 2.45) is 5.41 Å². The molecule has 2 rings (SSSR count). The molecular formula is C13H20N2O2. The lowest BCUT2D eigenvalue weighted by Crippen LogP contribution is -2.55. The van der Waals surface area contributed by atoms with Crippen molar-refractivity contribution in [3.8, 4) is 6.07 Å². The van der Waals surface area contributed by atoms with E-state index in [1.54, 1.807) is 0 Å². The van der Waals surface area contributed by atoms with E-state index in [0.717, 1.165) is 51.4 Å². The molecule has 0 amide bonds. The van der Waals surface area contributed by atoms with Gasteiger partial charge >= 0.3 is 0 Å². The fraction of sp³-hybridized carbons (Fsp3) is 0.923. The second-order valence-corrected chi connectivity index (χ2v) is 5.60. The van der Waals surface area contributed by atoms with Crippen LogP contribution in [0, 0.1) is 26.9 Å². The van der Waals surface area contributed by atoms with Crippen LogP contribution in [0.25, 0.3) is 0 Å². The Kier molecular flexibility index (Phi) is 3.37. The third-order valence-electron chi connectivity index (χ3n) is 4.84. The average Bonchev–Trinajstić information content (AvgIpc) is 2.40. The Morgan fingerprint density at radius 3 is 1.82 bits per heavy atom. The van der Waals surface area contributed by atoms with Gasteiger partial charge in [0.1, 0.15) is 5.41 Å². The maximum Gasteiger partial charge on any atom is 0.240 e. The zero-order chi connectivity index (χ0) is 12.4. The van der Waals surface area contributed by atoms with Crippen LogP contribution in [0.15, 0.2) is 0 Å². The highest BCUT2D eigenvalue weighted by atomic mass is 16.6. The summed E-state index contributed by atoms with van der Waals surface area (Å²) in [5.41, 5.74) is -1.63. The van der Waals surface area contributed by atoms with Crippen molar-refractivity contribution >= 4 is 0 Å². The van der Waals surface area contributed by atoms with Crippen LogP contribution in [-0.4, -0.2) is 10.5 Å². The van der Waals surface area contributed by atoms with Crippen molar-refractivity contribution in [1.29, 1.82) is 5.26 Å². The van der Waals surface area contributed by atoms with E-state index >= 15 is 0 Å². The average molecular weight is 236 g/mol. The van der Waals surface area contributed by atoms with Gasteiger partial charge in [-0.2, -0.15) is 5.26 Å². The lowest BCUT2D eigenvalue weighted by molar-refractivity contribution is -0.594. The number of nitriles is 1. The Hall–Kier alpha value is -1.11. The molecule has 2 aliphatic carbocycles. The van der Waals surface area contributed by atoms with E-state index in [0.29, 0.717) is 12.8 Å². The van der Waals surface area contributed by atoms with Gasteiger partial charge in [-0.25, -0.2) is 0 Å². The van der Waals surface area contributed by atoms with Crippen molar-refractivity contribution in [3.63, 3.8) is 0 Å². The van der Waals surface area contributed by atoms with Crippen LogP contribution in [0.4, 0.5) is 0 Å². The first-order chi connectivity index (χ1) is 8.17. The molecule has 0 aliphatic heterocycles. The lowest BCUT2D eigenvalue weighted by atomic mass is 9.58. The van der Waals surface area contributed by atoms with Crippen molar-refractivity contribution < 1.29 is 4.92 Å². The van der Waals surface area contributed by atoms with Crippen molar-refractivity contribution in [2.75, 3.05) is 0 Å². The number of nitrogens with zero attached hydrogens (tertiary/aromatic N) is 2. The normalized spacial score (nSPS) is 27.0. The monoisotopic (exact) mass is 236 g/mol. The van der Waals surface area contributed by atoms with Crippen LogP contribution >= 0.6 is 0 Å². The molecule has 0 spiro atoms. The Labute approximate surface area is 102 Å². The SMILES string of the molecule is N#CC1(C2([N+](=O)[O-])CCCCC2)CCCCC1. The van der Waals surface area contributed by atoms with E-state index in [-0.39, 0.29) is 4.92 Å². The molecule has 94 valence electrons. The van der Waals surface area contributed by atoms with Crippen LogP contribution in [0.2, 0.25) is 0 Å². The van der Waals surface area contributed by atoms with Crippen LogP contribution in [0.5, 0.6) is 0 Å². The molecule has 0 N–H and O–H groups in total. The number of nitro groups is 1. The summed E-state index contributed by atoms with van der Waals surface area (Å²) in [5.74, 6) is 0. The van der Waals surface area contributed by atoms with Gasteiger partial charge < -0.3 is 0 Å². The zero-order valence-electron chi connectivity index (χ0n) is 10.3. The summed E-state index contributed by atoms with van der Waals surface area (Å²) in [5, 5.41) is 21.1. The van der Waals surface area contributed by atoms with Gasteiger partial charge in [0.2, 0.25) is 5.54 Å². The molecule has 0 aromatic rings. The van der Waals surface area contributed by atoms with E-state index in [1.807, 2.05) is 0 Å². The van der Waals surface area contributed by atoms with Crippen LogP contribution < -0.4 is 0 Å². The Morgan fingerprint density at radius 1 is 0.941 bits per heavy atom. The molecular weight excluding hydrogens is 216 g/mol. The molecule has 2 aliphatic rings. The van der Waals surface area contributed by atoms with Gasteiger partial charge in [0.15, 0.2) is 0 Å². The van der Waals surface area contributed by atoms with Crippen LogP contribution in [0.1, 0.15) is 64.2 Å². The Morgan fingerprint density at radius 2 is 1.41 bits per heavy atom. The highest BCUT2D eigenvalue weighted by Gasteiger charge is 2.61. The van der Waals surface area contributed by atoms with Gasteiger partial charge in [-0.15, -0.1) is 0 Å². The predicted octanol–water partition coefficient (Wildman–Crippen LogP) is 3.44. The van der Waals surface area contributed by atoms with Crippen molar-refractivity contribution in [2.45, 2.75) is 69.7 Å². The van der Waals surface area contributed by atoms with Crippen molar-refractivity contribution in [3.05, 3.63) is 10.1 Å². The fourth-order valence-corrected chi connectivity index (χ4v) is 3.81. The maximum absolute atomic E-state index is 11.6. The van der Waals surface area contributed by atoms with Crippen LogP contribution in [0.3, 0.4) is 0 Å². The van der Waals surface area contributed by atoms with E-state index in [1.165, 1.54) is 0 Å². The first-order valence-corrected chi connectivity index (χ1v) is 6.73. The summed E-state index contributed by atoms with van der Waals surface area (Å²) >= 11 is 0. The van der Waals surface area contributed by atoms with E-state index in [4.69, 9.17) is 0 Å². The summed E-state index contributed by atoms with van der Waals surface area (Å²) in [6.07, 6.45) is 8.63. The molecule has 4 nitrogen and oxygen atoms in total. The first-order valence-electron chi connectivity index (χ1n) is 6.73. The molecule has 2 fully saturated rings. The summed E-state index contributed by atoms with van der Waals surface area (Å²) in [6, 6.07) is 2.37. The van der Waals surface area contributed by atoms with Gasteiger partial charge in [0, 0.05) is 17.8 Å². The lowest BCUT2D eigenvalue weighted by Gasteiger charge is -2.43. The molecule has 0 heterocycles. The first kappa shape index (κ1) is 12.3. The quantitative estimate of drug-likeness (QED) is 0.544. The number of hydrogen-bond acceptors (Lipinski definition) is 3. The zero-order valence-corrected chi connectivity index (χ0v) is 10.3.